The van der Waals surface area contributed by atoms with Gasteiger partial charge in [-0.3, -0.25) is 9.59 Å². The van der Waals surface area contributed by atoms with Crippen LogP contribution in [0.3, 0.4) is 0 Å². The Morgan fingerprint density at radius 2 is 2.00 bits per heavy atom. The first-order chi connectivity index (χ1) is 6.93. The molecule has 0 saturated heterocycles. The molecule has 0 aromatic heterocycles. The summed E-state index contributed by atoms with van der Waals surface area (Å²) in [6.07, 6.45) is 0. The van der Waals surface area contributed by atoms with Gasteiger partial charge in [0.05, 0.1) is 13.2 Å². The summed E-state index contributed by atoms with van der Waals surface area (Å²) < 4.78 is 4.43. The maximum absolute atomic E-state index is 11.7. The Balaban J connectivity index is 4.44. The Bertz CT molecular complexity index is 281. The van der Waals surface area contributed by atoms with Gasteiger partial charge < -0.3 is 9.64 Å². The third kappa shape index (κ3) is 3.98. The minimum Gasteiger partial charge on any atom is -0.468 e. The fourth-order valence-electron chi connectivity index (χ4n) is 1.06. The quantitative estimate of drug-likeness (QED) is 0.633. The predicted octanol–water partition coefficient (Wildman–Crippen LogP) is 0.414. The van der Waals surface area contributed by atoms with Gasteiger partial charge in [-0.1, -0.05) is 13.8 Å². The van der Waals surface area contributed by atoms with E-state index in [1.54, 1.807) is 13.8 Å². The molecule has 0 aliphatic heterocycles. The van der Waals surface area contributed by atoms with Gasteiger partial charge >= 0.3 is 5.97 Å². The topological polar surface area (TPSA) is 70.4 Å². The number of hydrogen-bond acceptors (Lipinski definition) is 4. The highest BCUT2D eigenvalue weighted by Gasteiger charge is 2.25. The van der Waals surface area contributed by atoms with E-state index in [0.717, 1.165) is 0 Å². The average Bonchev–Trinajstić information content (AvgIpc) is 2.17. The lowest BCUT2D eigenvalue weighted by atomic mass is 9.96. The molecule has 0 aromatic rings. The standard InChI is InChI=1S/C10H16N2O3/c1-7(2)8(5-11)10(14)12(3)6-9(13)15-4/h7-8H,6H2,1-4H3. The van der Waals surface area contributed by atoms with Crippen LogP contribution in [-0.2, 0) is 14.3 Å². The van der Waals surface area contributed by atoms with Crippen LogP contribution in [-0.4, -0.2) is 37.5 Å². The van der Waals surface area contributed by atoms with Gasteiger partial charge in [0.25, 0.3) is 0 Å². The molecular weight excluding hydrogens is 196 g/mol. The fraction of sp³-hybridized carbons (Fsp3) is 0.700. The van der Waals surface area contributed by atoms with Crippen LogP contribution in [0.15, 0.2) is 0 Å². The van der Waals surface area contributed by atoms with Crippen molar-refractivity contribution >= 4 is 11.9 Å². The summed E-state index contributed by atoms with van der Waals surface area (Å²) in [6, 6.07) is 1.93. The van der Waals surface area contributed by atoms with Crippen molar-refractivity contribution < 1.29 is 14.3 Å². The van der Waals surface area contributed by atoms with E-state index in [1.165, 1.54) is 19.1 Å². The smallest absolute Gasteiger partial charge is 0.325 e. The summed E-state index contributed by atoms with van der Waals surface area (Å²) in [7, 11) is 2.73. The van der Waals surface area contributed by atoms with Gasteiger partial charge in [0.15, 0.2) is 0 Å². The van der Waals surface area contributed by atoms with E-state index in [2.05, 4.69) is 4.74 Å². The molecule has 0 rings (SSSR count). The molecule has 84 valence electrons. The number of esters is 1. The normalized spacial score (nSPS) is 11.7. The number of likely N-dealkylation sites (N-methyl/N-ethyl adjacent to an activating group) is 1. The van der Waals surface area contributed by atoms with E-state index >= 15 is 0 Å². The Morgan fingerprint density at radius 1 is 1.47 bits per heavy atom. The van der Waals surface area contributed by atoms with Crippen molar-refractivity contribution in [3.05, 3.63) is 0 Å². The van der Waals surface area contributed by atoms with E-state index in [9.17, 15) is 9.59 Å². The van der Waals surface area contributed by atoms with Crippen molar-refractivity contribution in [3.8, 4) is 6.07 Å². The lowest BCUT2D eigenvalue weighted by Crippen LogP contribution is -2.38. The first-order valence-corrected chi connectivity index (χ1v) is 4.65. The minimum absolute atomic E-state index is 0.0670. The zero-order chi connectivity index (χ0) is 12.0. The second-order valence-corrected chi connectivity index (χ2v) is 3.62. The van der Waals surface area contributed by atoms with Gasteiger partial charge in [-0.25, -0.2) is 0 Å². The van der Waals surface area contributed by atoms with Crippen molar-refractivity contribution in [1.29, 1.82) is 5.26 Å². The SMILES string of the molecule is COC(=O)CN(C)C(=O)C(C#N)C(C)C. The summed E-state index contributed by atoms with van der Waals surface area (Å²) in [4.78, 5) is 23.8. The van der Waals surface area contributed by atoms with Crippen molar-refractivity contribution in [2.24, 2.45) is 11.8 Å². The number of rotatable bonds is 4. The molecule has 5 heteroatoms. The van der Waals surface area contributed by atoms with Crippen LogP contribution < -0.4 is 0 Å². The molecule has 1 amide bonds. The lowest BCUT2D eigenvalue weighted by Gasteiger charge is -2.20. The largest absolute Gasteiger partial charge is 0.468 e. The highest BCUT2D eigenvalue weighted by Crippen LogP contribution is 2.12. The van der Waals surface area contributed by atoms with Crippen molar-refractivity contribution in [1.82, 2.24) is 4.90 Å². The molecular formula is C10H16N2O3. The van der Waals surface area contributed by atoms with Crippen molar-refractivity contribution in [2.45, 2.75) is 13.8 Å². The number of ether oxygens (including phenoxy) is 1. The van der Waals surface area contributed by atoms with Crippen LogP contribution in [0.2, 0.25) is 0 Å². The summed E-state index contributed by atoms with van der Waals surface area (Å²) in [6.45, 7) is 3.45. The molecule has 1 unspecified atom stereocenters. The van der Waals surface area contributed by atoms with E-state index in [4.69, 9.17) is 5.26 Å². The first-order valence-electron chi connectivity index (χ1n) is 4.65. The van der Waals surface area contributed by atoms with Crippen LogP contribution in [0.1, 0.15) is 13.8 Å². The Hall–Kier alpha value is -1.57. The summed E-state index contributed by atoms with van der Waals surface area (Å²) in [5.74, 6) is -1.62. The molecule has 0 aliphatic rings. The molecule has 0 aliphatic carbocycles. The zero-order valence-electron chi connectivity index (χ0n) is 9.48. The predicted molar refractivity (Wildman–Crippen MR) is 53.6 cm³/mol. The summed E-state index contributed by atoms with van der Waals surface area (Å²) >= 11 is 0. The van der Waals surface area contributed by atoms with E-state index < -0.39 is 11.9 Å². The number of carbonyl (C=O) groups excluding carboxylic acids is 2. The first kappa shape index (κ1) is 13.4. The molecule has 0 N–H and O–H groups in total. The number of hydrogen-bond donors (Lipinski definition) is 0. The fourth-order valence-corrected chi connectivity index (χ4v) is 1.06. The lowest BCUT2D eigenvalue weighted by molar-refractivity contribution is -0.147. The molecule has 15 heavy (non-hydrogen) atoms. The van der Waals surface area contributed by atoms with Gasteiger partial charge in [-0.05, 0) is 5.92 Å². The molecule has 0 aromatic carbocycles. The maximum atomic E-state index is 11.7. The van der Waals surface area contributed by atoms with Crippen molar-refractivity contribution in [3.63, 3.8) is 0 Å². The van der Waals surface area contributed by atoms with Gasteiger partial charge in [0.1, 0.15) is 12.5 Å². The molecule has 0 fully saturated rings. The molecule has 0 saturated carbocycles. The van der Waals surface area contributed by atoms with Crippen LogP contribution in [0, 0.1) is 23.2 Å². The number of methoxy groups -OCH3 is 1. The highest BCUT2D eigenvalue weighted by molar-refractivity contribution is 5.85. The second kappa shape index (κ2) is 6.02. The molecule has 0 bridgehead atoms. The van der Waals surface area contributed by atoms with E-state index in [1.807, 2.05) is 6.07 Å². The molecule has 0 spiro atoms. The number of amides is 1. The summed E-state index contributed by atoms with van der Waals surface area (Å²) in [5.41, 5.74) is 0. The van der Waals surface area contributed by atoms with E-state index in [0.29, 0.717) is 0 Å². The van der Waals surface area contributed by atoms with E-state index in [-0.39, 0.29) is 18.4 Å². The minimum atomic E-state index is -0.709. The molecule has 5 nitrogen and oxygen atoms in total. The van der Waals surface area contributed by atoms with Crippen LogP contribution >= 0.6 is 0 Å². The van der Waals surface area contributed by atoms with Gasteiger partial charge in [0, 0.05) is 7.05 Å². The molecule has 0 heterocycles. The molecule has 0 radical (unpaired) electrons. The third-order valence-corrected chi connectivity index (χ3v) is 2.04. The monoisotopic (exact) mass is 212 g/mol. The van der Waals surface area contributed by atoms with Crippen LogP contribution in [0.4, 0.5) is 0 Å². The van der Waals surface area contributed by atoms with Gasteiger partial charge in [-0.15, -0.1) is 0 Å². The number of nitrogens with zero attached hydrogens (tertiary/aromatic N) is 2. The average molecular weight is 212 g/mol. The Morgan fingerprint density at radius 3 is 2.33 bits per heavy atom. The Labute approximate surface area is 89.6 Å². The van der Waals surface area contributed by atoms with Crippen molar-refractivity contribution in [2.75, 3.05) is 20.7 Å². The molecule has 1 atom stereocenters. The number of carbonyl (C=O) groups is 2. The zero-order valence-corrected chi connectivity index (χ0v) is 9.48. The Kier molecular flexibility index (Phi) is 5.39. The van der Waals surface area contributed by atoms with Crippen LogP contribution in [0.5, 0.6) is 0 Å². The van der Waals surface area contributed by atoms with Gasteiger partial charge in [-0.2, -0.15) is 5.26 Å². The second-order valence-electron chi connectivity index (χ2n) is 3.62. The summed E-state index contributed by atoms with van der Waals surface area (Å²) in [5, 5.41) is 8.79. The highest BCUT2D eigenvalue weighted by atomic mass is 16.5. The van der Waals surface area contributed by atoms with Crippen LogP contribution in [0.25, 0.3) is 0 Å². The number of nitriles is 1. The third-order valence-electron chi connectivity index (χ3n) is 2.04. The van der Waals surface area contributed by atoms with Gasteiger partial charge in [0.2, 0.25) is 5.91 Å². The maximum Gasteiger partial charge on any atom is 0.325 e.